The van der Waals surface area contributed by atoms with Crippen LogP contribution in [0.25, 0.3) is 0 Å². The molecule has 0 spiro atoms. The van der Waals surface area contributed by atoms with Crippen LogP contribution in [-0.4, -0.2) is 9.75 Å². The summed E-state index contributed by atoms with van der Waals surface area (Å²) in [6.07, 6.45) is 0. The lowest BCUT2D eigenvalue weighted by Gasteiger charge is -2.24. The summed E-state index contributed by atoms with van der Waals surface area (Å²) in [5.41, 5.74) is 0.243. The average molecular weight is 339 g/mol. The van der Waals surface area contributed by atoms with E-state index in [4.69, 9.17) is 11.6 Å². The second-order valence-corrected chi connectivity index (χ2v) is 6.38. The standard InChI is InChI=1S/C12H14BrClFNO2/c1-6(2)12(7(3)13)8-4-10(15)9(14)5-11(8)16(17)18/h4-7,12H,1-3H3. The first kappa shape index (κ1) is 15.4. The van der Waals surface area contributed by atoms with Crippen molar-refractivity contribution in [3.63, 3.8) is 0 Å². The van der Waals surface area contributed by atoms with Crippen molar-refractivity contribution in [3.05, 3.63) is 38.7 Å². The largest absolute Gasteiger partial charge is 0.274 e. The number of benzene rings is 1. The summed E-state index contributed by atoms with van der Waals surface area (Å²) in [5.74, 6) is -0.646. The molecule has 0 saturated carbocycles. The van der Waals surface area contributed by atoms with Gasteiger partial charge in [-0.3, -0.25) is 10.1 Å². The second kappa shape index (κ2) is 5.97. The number of nitro groups is 1. The van der Waals surface area contributed by atoms with Crippen LogP contribution in [0.2, 0.25) is 5.02 Å². The lowest BCUT2D eigenvalue weighted by atomic mass is 9.85. The fourth-order valence-corrected chi connectivity index (χ4v) is 3.17. The number of hydrogen-bond acceptors (Lipinski definition) is 2. The highest BCUT2D eigenvalue weighted by Crippen LogP contribution is 2.39. The van der Waals surface area contributed by atoms with Crippen molar-refractivity contribution in [2.45, 2.75) is 31.5 Å². The number of nitro benzene ring substituents is 1. The Morgan fingerprint density at radius 2 is 1.94 bits per heavy atom. The summed E-state index contributed by atoms with van der Waals surface area (Å²) >= 11 is 9.03. The molecule has 100 valence electrons. The first-order valence-electron chi connectivity index (χ1n) is 5.53. The van der Waals surface area contributed by atoms with Gasteiger partial charge in [-0.15, -0.1) is 0 Å². The van der Waals surface area contributed by atoms with E-state index in [1.807, 2.05) is 20.8 Å². The number of hydrogen-bond donors (Lipinski definition) is 0. The Hall–Kier alpha value is -0.680. The van der Waals surface area contributed by atoms with E-state index in [1.165, 1.54) is 6.07 Å². The number of halogens is 3. The van der Waals surface area contributed by atoms with Gasteiger partial charge in [0.25, 0.3) is 5.69 Å². The molecule has 0 aliphatic heterocycles. The summed E-state index contributed by atoms with van der Waals surface area (Å²) in [6.45, 7) is 5.78. The zero-order chi connectivity index (χ0) is 14.0. The highest BCUT2D eigenvalue weighted by Gasteiger charge is 2.29. The van der Waals surface area contributed by atoms with Gasteiger partial charge in [-0.25, -0.2) is 4.39 Å². The minimum absolute atomic E-state index is 0.00299. The highest BCUT2D eigenvalue weighted by molar-refractivity contribution is 9.09. The molecule has 2 unspecified atom stereocenters. The Labute approximate surface area is 119 Å². The quantitative estimate of drug-likeness (QED) is 0.445. The Balaban J connectivity index is 3.45. The maximum atomic E-state index is 13.5. The van der Waals surface area contributed by atoms with Crippen molar-refractivity contribution in [3.8, 4) is 0 Å². The average Bonchev–Trinajstić information content (AvgIpc) is 2.21. The van der Waals surface area contributed by atoms with Crippen molar-refractivity contribution >= 4 is 33.2 Å². The van der Waals surface area contributed by atoms with Gasteiger partial charge >= 0.3 is 0 Å². The Morgan fingerprint density at radius 3 is 2.33 bits per heavy atom. The van der Waals surface area contributed by atoms with E-state index in [-0.39, 0.29) is 27.4 Å². The highest BCUT2D eigenvalue weighted by atomic mass is 79.9. The van der Waals surface area contributed by atoms with Gasteiger partial charge in [-0.2, -0.15) is 0 Å². The molecule has 0 N–H and O–H groups in total. The monoisotopic (exact) mass is 337 g/mol. The topological polar surface area (TPSA) is 43.1 Å². The van der Waals surface area contributed by atoms with Crippen LogP contribution >= 0.6 is 27.5 Å². The molecule has 0 heterocycles. The third-order valence-electron chi connectivity index (χ3n) is 2.84. The van der Waals surface area contributed by atoms with Crippen LogP contribution in [0.3, 0.4) is 0 Å². The molecule has 0 saturated heterocycles. The molecule has 0 aliphatic rings. The van der Waals surface area contributed by atoms with Crippen LogP contribution in [0, 0.1) is 21.8 Å². The predicted octanol–water partition coefficient (Wildman–Crippen LogP) is 4.91. The van der Waals surface area contributed by atoms with Gasteiger partial charge in [0.05, 0.1) is 9.95 Å². The number of nitrogens with zero attached hydrogens (tertiary/aromatic N) is 1. The molecule has 0 amide bonds. The fourth-order valence-electron chi connectivity index (χ4n) is 2.11. The number of rotatable bonds is 4. The lowest BCUT2D eigenvalue weighted by molar-refractivity contribution is -0.385. The third kappa shape index (κ3) is 3.20. The minimum Gasteiger partial charge on any atom is -0.258 e. The van der Waals surface area contributed by atoms with E-state index in [1.54, 1.807) is 0 Å². The second-order valence-electron chi connectivity index (χ2n) is 4.53. The molecular formula is C12H14BrClFNO2. The zero-order valence-corrected chi connectivity index (χ0v) is 12.6. The molecule has 0 fully saturated rings. The van der Waals surface area contributed by atoms with E-state index in [0.29, 0.717) is 5.56 Å². The summed E-state index contributed by atoms with van der Waals surface area (Å²) in [7, 11) is 0. The summed E-state index contributed by atoms with van der Waals surface area (Å²) < 4.78 is 13.5. The van der Waals surface area contributed by atoms with Gasteiger partial charge in [0, 0.05) is 22.4 Å². The van der Waals surface area contributed by atoms with Crippen LogP contribution in [-0.2, 0) is 0 Å². The summed E-state index contributed by atoms with van der Waals surface area (Å²) in [6, 6.07) is 2.25. The fraction of sp³-hybridized carbons (Fsp3) is 0.500. The molecule has 1 aromatic carbocycles. The molecule has 3 nitrogen and oxygen atoms in total. The maximum absolute atomic E-state index is 13.5. The van der Waals surface area contributed by atoms with Gasteiger partial charge in [0.15, 0.2) is 0 Å². The first-order valence-corrected chi connectivity index (χ1v) is 6.82. The molecule has 18 heavy (non-hydrogen) atoms. The Bertz CT molecular complexity index is 458. The van der Waals surface area contributed by atoms with Gasteiger partial charge in [-0.05, 0) is 12.0 Å². The molecule has 2 atom stereocenters. The van der Waals surface area contributed by atoms with Crippen LogP contribution < -0.4 is 0 Å². The van der Waals surface area contributed by atoms with Gasteiger partial charge in [0.2, 0.25) is 0 Å². The first-order chi connectivity index (χ1) is 8.25. The third-order valence-corrected chi connectivity index (χ3v) is 3.70. The maximum Gasteiger partial charge on any atom is 0.274 e. The van der Waals surface area contributed by atoms with E-state index >= 15 is 0 Å². The van der Waals surface area contributed by atoms with E-state index in [9.17, 15) is 14.5 Å². The van der Waals surface area contributed by atoms with Crippen LogP contribution in [0.4, 0.5) is 10.1 Å². The summed E-state index contributed by atoms with van der Waals surface area (Å²) in [5, 5.41) is 10.8. The predicted molar refractivity (Wildman–Crippen MR) is 74.0 cm³/mol. The molecule has 0 bridgehead atoms. The molecule has 0 aliphatic carbocycles. The van der Waals surface area contributed by atoms with Gasteiger partial charge in [-0.1, -0.05) is 48.3 Å². The van der Waals surface area contributed by atoms with Crippen LogP contribution in [0.15, 0.2) is 12.1 Å². The van der Waals surface area contributed by atoms with Crippen LogP contribution in [0.5, 0.6) is 0 Å². The Kier molecular flexibility index (Phi) is 5.10. The molecule has 1 aromatic rings. The van der Waals surface area contributed by atoms with Gasteiger partial charge in [0.1, 0.15) is 5.82 Å². The zero-order valence-electron chi connectivity index (χ0n) is 10.3. The normalized spacial score (nSPS) is 14.6. The van der Waals surface area contributed by atoms with Gasteiger partial charge < -0.3 is 0 Å². The minimum atomic E-state index is -0.629. The van der Waals surface area contributed by atoms with Crippen molar-refractivity contribution in [2.75, 3.05) is 0 Å². The molecule has 0 radical (unpaired) electrons. The molecule has 6 heteroatoms. The van der Waals surface area contributed by atoms with Crippen LogP contribution in [0.1, 0.15) is 32.3 Å². The molecule has 0 aromatic heterocycles. The Morgan fingerprint density at radius 1 is 1.39 bits per heavy atom. The summed E-state index contributed by atoms with van der Waals surface area (Å²) in [4.78, 5) is 10.5. The van der Waals surface area contributed by atoms with Crippen molar-refractivity contribution in [1.82, 2.24) is 0 Å². The molecular weight excluding hydrogens is 324 g/mol. The van der Waals surface area contributed by atoms with Crippen molar-refractivity contribution < 1.29 is 9.31 Å². The number of alkyl halides is 1. The SMILES string of the molecule is CC(C)C(c1cc(F)c(Cl)cc1[N+](=O)[O-])C(C)Br. The molecule has 1 rings (SSSR count). The smallest absolute Gasteiger partial charge is 0.258 e. The van der Waals surface area contributed by atoms with E-state index < -0.39 is 10.7 Å². The lowest BCUT2D eigenvalue weighted by Crippen LogP contribution is -2.17. The van der Waals surface area contributed by atoms with Crippen molar-refractivity contribution in [1.29, 1.82) is 0 Å². The van der Waals surface area contributed by atoms with E-state index in [2.05, 4.69) is 15.9 Å². The van der Waals surface area contributed by atoms with Crippen molar-refractivity contribution in [2.24, 2.45) is 5.92 Å². The van der Waals surface area contributed by atoms with E-state index in [0.717, 1.165) is 6.07 Å².